The predicted molar refractivity (Wildman–Crippen MR) is 123 cm³/mol. The highest BCUT2D eigenvalue weighted by Gasteiger charge is 2.20. The summed E-state index contributed by atoms with van der Waals surface area (Å²) < 4.78 is 5.90. The lowest BCUT2D eigenvalue weighted by Gasteiger charge is -2.19. The summed E-state index contributed by atoms with van der Waals surface area (Å²) in [7, 11) is 0. The topological polar surface area (TPSA) is 55.4 Å². The van der Waals surface area contributed by atoms with Gasteiger partial charge >= 0.3 is 0 Å². The number of hydrogen-bond donors (Lipinski definition) is 1. The second-order valence-electron chi connectivity index (χ2n) is 7.77. The number of nitrogens with one attached hydrogen (secondary N) is 1. The molecule has 1 aliphatic carbocycles. The van der Waals surface area contributed by atoms with E-state index in [1.54, 1.807) is 49.4 Å². The SMILES string of the molecule is CC(Oc1ccc2c(c1)CCCC2)C(=O)Nc1ccc(Cl)cc1C(=O)c1ccccc1. The fourth-order valence-corrected chi connectivity index (χ4v) is 4.01. The smallest absolute Gasteiger partial charge is 0.265 e. The van der Waals surface area contributed by atoms with Crippen LogP contribution in [0.1, 0.15) is 46.8 Å². The number of halogens is 1. The van der Waals surface area contributed by atoms with Gasteiger partial charge in [-0.05, 0) is 74.1 Å². The molecule has 1 amide bonds. The van der Waals surface area contributed by atoms with Gasteiger partial charge in [-0.2, -0.15) is 0 Å². The molecule has 0 saturated heterocycles. The minimum Gasteiger partial charge on any atom is -0.481 e. The second kappa shape index (κ2) is 9.36. The molecule has 1 N–H and O–H groups in total. The Bertz CT molecular complexity index is 1110. The molecular weight excluding hydrogens is 410 g/mol. The van der Waals surface area contributed by atoms with Crippen molar-refractivity contribution in [2.75, 3.05) is 5.32 Å². The van der Waals surface area contributed by atoms with Crippen LogP contribution in [0.15, 0.2) is 66.7 Å². The highest BCUT2D eigenvalue weighted by atomic mass is 35.5. The van der Waals surface area contributed by atoms with Gasteiger partial charge < -0.3 is 10.1 Å². The van der Waals surface area contributed by atoms with E-state index in [-0.39, 0.29) is 11.7 Å². The Morgan fingerprint density at radius 2 is 1.68 bits per heavy atom. The summed E-state index contributed by atoms with van der Waals surface area (Å²) >= 11 is 6.12. The van der Waals surface area contributed by atoms with Crippen LogP contribution in [0.3, 0.4) is 0 Å². The molecule has 0 aliphatic heterocycles. The zero-order valence-corrected chi connectivity index (χ0v) is 18.1. The molecule has 0 bridgehead atoms. The number of carbonyl (C=O) groups is 2. The molecule has 0 spiro atoms. The van der Waals surface area contributed by atoms with Crippen molar-refractivity contribution in [3.8, 4) is 5.75 Å². The number of rotatable bonds is 6. The molecule has 0 heterocycles. The molecule has 0 fully saturated rings. The van der Waals surface area contributed by atoms with Gasteiger partial charge in [-0.3, -0.25) is 9.59 Å². The van der Waals surface area contributed by atoms with E-state index in [2.05, 4.69) is 11.4 Å². The first-order valence-electron chi connectivity index (χ1n) is 10.5. The van der Waals surface area contributed by atoms with Gasteiger partial charge in [0, 0.05) is 16.1 Å². The van der Waals surface area contributed by atoms with E-state index in [0.29, 0.717) is 27.6 Å². The molecule has 0 saturated carbocycles. The molecule has 31 heavy (non-hydrogen) atoms. The quantitative estimate of drug-likeness (QED) is 0.495. The van der Waals surface area contributed by atoms with Crippen LogP contribution in [-0.4, -0.2) is 17.8 Å². The van der Waals surface area contributed by atoms with Gasteiger partial charge in [0.15, 0.2) is 11.9 Å². The maximum absolute atomic E-state index is 13.0. The molecular formula is C26H24ClNO3. The second-order valence-corrected chi connectivity index (χ2v) is 8.21. The fourth-order valence-electron chi connectivity index (χ4n) is 3.83. The lowest BCUT2D eigenvalue weighted by Crippen LogP contribution is -2.30. The summed E-state index contributed by atoms with van der Waals surface area (Å²) in [6.45, 7) is 1.70. The first kappa shape index (κ1) is 21.1. The number of ketones is 1. The summed E-state index contributed by atoms with van der Waals surface area (Å²) in [5, 5.41) is 3.25. The van der Waals surface area contributed by atoms with E-state index in [4.69, 9.17) is 16.3 Å². The lowest BCUT2D eigenvalue weighted by molar-refractivity contribution is -0.122. The van der Waals surface area contributed by atoms with Crippen LogP contribution >= 0.6 is 11.6 Å². The van der Waals surface area contributed by atoms with Gasteiger partial charge in [-0.15, -0.1) is 0 Å². The Kier molecular flexibility index (Phi) is 6.38. The van der Waals surface area contributed by atoms with Gasteiger partial charge in [0.05, 0.1) is 5.69 Å². The Balaban J connectivity index is 1.50. The maximum atomic E-state index is 13.0. The number of benzene rings is 3. The minimum absolute atomic E-state index is 0.207. The highest BCUT2D eigenvalue weighted by molar-refractivity contribution is 6.31. The molecule has 0 radical (unpaired) electrons. The molecule has 0 aromatic heterocycles. The standard InChI is InChI=1S/C26H24ClNO3/c1-17(31-22-13-11-18-7-5-6-10-20(18)15-22)26(30)28-24-14-12-21(27)16-23(24)25(29)19-8-3-2-4-9-19/h2-4,8-9,11-17H,5-7,10H2,1H3,(H,28,30). The molecule has 4 nitrogen and oxygen atoms in total. The fraction of sp³-hybridized carbons (Fsp3) is 0.231. The normalized spacial score (nSPS) is 13.7. The van der Waals surface area contributed by atoms with E-state index in [9.17, 15) is 9.59 Å². The molecule has 1 atom stereocenters. The van der Waals surface area contributed by atoms with Crippen LogP contribution in [-0.2, 0) is 17.6 Å². The average Bonchev–Trinajstić information content (AvgIpc) is 2.80. The van der Waals surface area contributed by atoms with Crippen molar-refractivity contribution in [3.05, 3.63) is 94.0 Å². The number of aryl methyl sites for hydroxylation is 2. The van der Waals surface area contributed by atoms with Crippen LogP contribution in [0.4, 0.5) is 5.69 Å². The average molecular weight is 434 g/mol. The van der Waals surface area contributed by atoms with E-state index >= 15 is 0 Å². The minimum atomic E-state index is -0.725. The molecule has 3 aromatic rings. The largest absolute Gasteiger partial charge is 0.481 e. The lowest BCUT2D eigenvalue weighted by atomic mass is 9.92. The Morgan fingerprint density at radius 1 is 0.935 bits per heavy atom. The van der Waals surface area contributed by atoms with Crippen molar-refractivity contribution in [2.45, 2.75) is 38.7 Å². The first-order chi connectivity index (χ1) is 15.0. The van der Waals surface area contributed by atoms with Crippen molar-refractivity contribution in [1.82, 2.24) is 0 Å². The van der Waals surface area contributed by atoms with Gasteiger partial charge in [0.2, 0.25) is 0 Å². The van der Waals surface area contributed by atoms with Crippen LogP contribution in [0.25, 0.3) is 0 Å². The first-order valence-corrected chi connectivity index (χ1v) is 10.9. The number of amides is 1. The van der Waals surface area contributed by atoms with Crippen LogP contribution in [0.5, 0.6) is 5.75 Å². The Morgan fingerprint density at radius 3 is 2.45 bits per heavy atom. The summed E-state index contributed by atoms with van der Waals surface area (Å²) in [5.41, 5.74) is 3.93. The van der Waals surface area contributed by atoms with E-state index in [0.717, 1.165) is 12.8 Å². The van der Waals surface area contributed by atoms with Crippen LogP contribution in [0.2, 0.25) is 5.02 Å². The molecule has 1 aliphatic rings. The van der Waals surface area contributed by atoms with Gasteiger partial charge in [0.25, 0.3) is 5.91 Å². The molecule has 3 aromatic carbocycles. The molecule has 1 unspecified atom stereocenters. The van der Waals surface area contributed by atoms with Gasteiger partial charge in [0.1, 0.15) is 5.75 Å². The maximum Gasteiger partial charge on any atom is 0.265 e. The molecule has 5 heteroatoms. The third-order valence-electron chi connectivity index (χ3n) is 5.52. The monoisotopic (exact) mass is 433 g/mol. The third-order valence-corrected chi connectivity index (χ3v) is 5.76. The Labute approximate surface area is 187 Å². The predicted octanol–water partition coefficient (Wildman–Crippen LogP) is 5.86. The third kappa shape index (κ3) is 4.97. The van der Waals surface area contributed by atoms with Gasteiger partial charge in [-0.1, -0.05) is 48.0 Å². The van der Waals surface area contributed by atoms with Crippen LogP contribution < -0.4 is 10.1 Å². The number of ether oxygens (including phenoxy) is 1. The highest BCUT2D eigenvalue weighted by Crippen LogP contribution is 2.27. The number of carbonyl (C=O) groups excluding carboxylic acids is 2. The zero-order chi connectivity index (χ0) is 21.8. The van der Waals surface area contributed by atoms with E-state index < -0.39 is 6.10 Å². The Hall–Kier alpha value is -3.11. The van der Waals surface area contributed by atoms with Gasteiger partial charge in [-0.25, -0.2) is 0 Å². The summed E-state index contributed by atoms with van der Waals surface area (Å²) in [6, 6.07) is 19.8. The van der Waals surface area contributed by atoms with Crippen molar-refractivity contribution in [1.29, 1.82) is 0 Å². The van der Waals surface area contributed by atoms with Crippen molar-refractivity contribution in [2.24, 2.45) is 0 Å². The zero-order valence-electron chi connectivity index (χ0n) is 17.4. The number of anilines is 1. The van der Waals surface area contributed by atoms with E-state index in [1.165, 1.54) is 24.0 Å². The van der Waals surface area contributed by atoms with Crippen molar-refractivity contribution >= 4 is 29.0 Å². The summed E-state index contributed by atoms with van der Waals surface area (Å²) in [6.07, 6.45) is 3.82. The van der Waals surface area contributed by atoms with Crippen molar-refractivity contribution in [3.63, 3.8) is 0 Å². The van der Waals surface area contributed by atoms with Crippen molar-refractivity contribution < 1.29 is 14.3 Å². The summed E-state index contributed by atoms with van der Waals surface area (Å²) in [4.78, 5) is 25.8. The molecule has 4 rings (SSSR count). The molecule has 158 valence electrons. The number of fused-ring (bicyclic) bond motifs is 1. The number of hydrogen-bond acceptors (Lipinski definition) is 3. The van der Waals surface area contributed by atoms with E-state index in [1.807, 2.05) is 18.2 Å². The van der Waals surface area contributed by atoms with Crippen LogP contribution in [0, 0.1) is 0 Å². The summed E-state index contributed by atoms with van der Waals surface area (Å²) in [5.74, 6) is 0.142.